The molecule has 0 aliphatic rings. The first-order valence-corrected chi connectivity index (χ1v) is 7.64. The molecule has 114 valence electrons. The van der Waals surface area contributed by atoms with Crippen LogP contribution in [0.1, 0.15) is 45.6 Å². The van der Waals surface area contributed by atoms with Crippen molar-refractivity contribution in [1.82, 2.24) is 5.32 Å². The van der Waals surface area contributed by atoms with Gasteiger partial charge in [0.1, 0.15) is 5.82 Å². The predicted molar refractivity (Wildman–Crippen MR) is 82.5 cm³/mol. The van der Waals surface area contributed by atoms with Gasteiger partial charge in [0.15, 0.2) is 0 Å². The highest BCUT2D eigenvalue weighted by Gasteiger charge is 2.35. The number of nitrogens with one attached hydrogen (secondary N) is 1. The van der Waals surface area contributed by atoms with E-state index in [2.05, 4.69) is 26.1 Å². The fourth-order valence-corrected chi connectivity index (χ4v) is 2.84. The second kappa shape index (κ2) is 8.38. The summed E-state index contributed by atoms with van der Waals surface area (Å²) < 4.78 is 19.2. The topological polar surface area (TPSA) is 21.3 Å². The van der Waals surface area contributed by atoms with Crippen LogP contribution in [0.2, 0.25) is 0 Å². The van der Waals surface area contributed by atoms with E-state index in [9.17, 15) is 4.39 Å². The van der Waals surface area contributed by atoms with E-state index in [0.717, 1.165) is 37.8 Å². The lowest BCUT2D eigenvalue weighted by Gasteiger charge is -2.39. The molecule has 0 amide bonds. The summed E-state index contributed by atoms with van der Waals surface area (Å²) in [7, 11) is 1.78. The van der Waals surface area contributed by atoms with Gasteiger partial charge < -0.3 is 10.1 Å². The van der Waals surface area contributed by atoms with Crippen LogP contribution in [0.4, 0.5) is 4.39 Å². The third-order valence-corrected chi connectivity index (χ3v) is 4.21. The van der Waals surface area contributed by atoms with Crippen molar-refractivity contribution in [2.45, 2.75) is 58.1 Å². The molecule has 1 rings (SSSR count). The number of hydrogen-bond acceptors (Lipinski definition) is 2. The van der Waals surface area contributed by atoms with Gasteiger partial charge in [0.05, 0.1) is 5.60 Å². The minimum Gasteiger partial charge on any atom is -0.377 e. The van der Waals surface area contributed by atoms with Crippen LogP contribution in [0, 0.1) is 5.82 Å². The maximum atomic E-state index is 13.4. The minimum atomic E-state index is -0.193. The number of hydrogen-bond donors (Lipinski definition) is 1. The van der Waals surface area contributed by atoms with E-state index in [4.69, 9.17) is 4.74 Å². The van der Waals surface area contributed by atoms with E-state index >= 15 is 0 Å². The molecule has 0 aliphatic heterocycles. The molecule has 1 unspecified atom stereocenters. The summed E-state index contributed by atoms with van der Waals surface area (Å²) in [6.45, 7) is 7.40. The monoisotopic (exact) mass is 281 g/mol. The van der Waals surface area contributed by atoms with Gasteiger partial charge in [-0.25, -0.2) is 4.39 Å². The average Bonchev–Trinajstić information content (AvgIpc) is 2.47. The van der Waals surface area contributed by atoms with E-state index in [1.54, 1.807) is 19.2 Å². The molecule has 1 N–H and O–H groups in total. The third-order valence-electron chi connectivity index (χ3n) is 4.21. The summed E-state index contributed by atoms with van der Waals surface area (Å²) in [5, 5.41) is 3.58. The van der Waals surface area contributed by atoms with Crippen molar-refractivity contribution in [2.24, 2.45) is 0 Å². The van der Waals surface area contributed by atoms with Crippen LogP contribution in [-0.4, -0.2) is 25.3 Å². The van der Waals surface area contributed by atoms with E-state index in [0.29, 0.717) is 0 Å². The first kappa shape index (κ1) is 17.1. The molecular weight excluding hydrogens is 253 g/mol. The van der Waals surface area contributed by atoms with E-state index in [-0.39, 0.29) is 17.5 Å². The lowest BCUT2D eigenvalue weighted by molar-refractivity contribution is -0.0471. The lowest BCUT2D eigenvalue weighted by Crippen LogP contribution is -2.53. The Bertz CT molecular complexity index is 382. The number of methoxy groups -OCH3 is 1. The maximum absolute atomic E-state index is 13.4. The van der Waals surface area contributed by atoms with Crippen molar-refractivity contribution < 1.29 is 9.13 Å². The molecule has 0 radical (unpaired) electrons. The number of benzene rings is 1. The van der Waals surface area contributed by atoms with Gasteiger partial charge in [-0.2, -0.15) is 0 Å². The van der Waals surface area contributed by atoms with Gasteiger partial charge in [-0.3, -0.25) is 0 Å². The molecule has 1 aromatic rings. The fraction of sp³-hybridized carbons (Fsp3) is 0.647. The molecule has 20 heavy (non-hydrogen) atoms. The van der Waals surface area contributed by atoms with Crippen molar-refractivity contribution >= 4 is 0 Å². The highest BCUT2D eigenvalue weighted by molar-refractivity contribution is 5.18. The molecule has 2 nitrogen and oxygen atoms in total. The lowest BCUT2D eigenvalue weighted by atomic mass is 9.84. The number of ether oxygens (including phenoxy) is 1. The van der Waals surface area contributed by atoms with Crippen LogP contribution in [0.3, 0.4) is 0 Å². The zero-order chi connectivity index (χ0) is 15.0. The van der Waals surface area contributed by atoms with Crippen LogP contribution >= 0.6 is 0 Å². The Morgan fingerprint density at radius 2 is 1.95 bits per heavy atom. The van der Waals surface area contributed by atoms with Gasteiger partial charge in [0.2, 0.25) is 0 Å². The Balaban J connectivity index is 2.93. The fourth-order valence-electron chi connectivity index (χ4n) is 2.84. The highest BCUT2D eigenvalue weighted by atomic mass is 19.1. The molecule has 0 aliphatic carbocycles. The smallest absolute Gasteiger partial charge is 0.123 e. The first-order valence-electron chi connectivity index (χ1n) is 7.64. The first-order chi connectivity index (χ1) is 9.61. The third kappa shape index (κ3) is 4.29. The Kier molecular flexibility index (Phi) is 7.17. The summed E-state index contributed by atoms with van der Waals surface area (Å²) in [5.41, 5.74) is 0.823. The van der Waals surface area contributed by atoms with Gasteiger partial charge >= 0.3 is 0 Å². The summed E-state index contributed by atoms with van der Waals surface area (Å²) >= 11 is 0. The van der Waals surface area contributed by atoms with E-state index in [1.165, 1.54) is 6.07 Å². The zero-order valence-electron chi connectivity index (χ0n) is 13.2. The van der Waals surface area contributed by atoms with Crippen LogP contribution in [0.25, 0.3) is 0 Å². The molecule has 0 heterocycles. The second-order valence-electron chi connectivity index (χ2n) is 5.32. The molecule has 0 saturated heterocycles. The minimum absolute atomic E-state index is 0.173. The Morgan fingerprint density at radius 3 is 2.45 bits per heavy atom. The molecule has 1 atom stereocenters. The summed E-state index contributed by atoms with van der Waals surface area (Å²) in [6, 6.07) is 7.06. The molecule has 0 fully saturated rings. The van der Waals surface area contributed by atoms with Crippen molar-refractivity contribution in [3.05, 3.63) is 35.6 Å². The summed E-state index contributed by atoms with van der Waals surface area (Å²) in [6.07, 6.45) is 3.74. The van der Waals surface area contributed by atoms with Crippen molar-refractivity contribution in [3.63, 3.8) is 0 Å². The van der Waals surface area contributed by atoms with Crippen LogP contribution in [0.5, 0.6) is 0 Å². The van der Waals surface area contributed by atoms with Gasteiger partial charge in [0.25, 0.3) is 0 Å². The Morgan fingerprint density at radius 1 is 1.25 bits per heavy atom. The van der Waals surface area contributed by atoms with Crippen molar-refractivity contribution in [3.8, 4) is 0 Å². The van der Waals surface area contributed by atoms with Gasteiger partial charge in [-0.05, 0) is 49.9 Å². The second-order valence-corrected chi connectivity index (χ2v) is 5.32. The van der Waals surface area contributed by atoms with Gasteiger partial charge in [-0.15, -0.1) is 0 Å². The number of halogens is 1. The average molecular weight is 281 g/mol. The molecule has 1 aromatic carbocycles. The van der Waals surface area contributed by atoms with Crippen LogP contribution < -0.4 is 5.32 Å². The van der Waals surface area contributed by atoms with Crippen LogP contribution in [-0.2, 0) is 11.2 Å². The van der Waals surface area contributed by atoms with Crippen molar-refractivity contribution in [1.29, 1.82) is 0 Å². The van der Waals surface area contributed by atoms with Crippen LogP contribution in [0.15, 0.2) is 24.3 Å². The SMILES string of the molecule is CCCNC(Cc1cccc(F)c1)C(CC)(CC)OC. The normalized spacial score (nSPS) is 13.4. The molecule has 0 spiro atoms. The molecule has 0 saturated carbocycles. The summed E-state index contributed by atoms with van der Waals surface area (Å²) in [4.78, 5) is 0. The highest BCUT2D eigenvalue weighted by Crippen LogP contribution is 2.27. The Hall–Kier alpha value is -0.930. The molecule has 0 aromatic heterocycles. The molecule has 0 bridgehead atoms. The van der Waals surface area contributed by atoms with E-state index in [1.807, 2.05) is 6.07 Å². The zero-order valence-corrected chi connectivity index (χ0v) is 13.2. The van der Waals surface area contributed by atoms with Crippen molar-refractivity contribution in [2.75, 3.05) is 13.7 Å². The summed E-state index contributed by atoms with van der Waals surface area (Å²) in [5.74, 6) is -0.173. The Labute approximate surface area is 122 Å². The maximum Gasteiger partial charge on any atom is 0.123 e. The molecular formula is C17H28FNO. The quantitative estimate of drug-likeness (QED) is 0.740. The van der Waals surface area contributed by atoms with E-state index < -0.39 is 0 Å². The molecule has 3 heteroatoms. The predicted octanol–water partition coefficient (Wildman–Crippen LogP) is 3.94. The number of rotatable bonds is 9. The largest absolute Gasteiger partial charge is 0.377 e. The standard InChI is InChI=1S/C17H28FNO/c1-5-11-19-16(17(6-2,7-3)20-4)13-14-9-8-10-15(18)12-14/h8-10,12,16,19H,5-7,11,13H2,1-4H3. The van der Waals surface area contributed by atoms with Gasteiger partial charge in [-0.1, -0.05) is 32.9 Å². The van der Waals surface area contributed by atoms with Gasteiger partial charge in [0, 0.05) is 13.2 Å².